The molecule has 0 spiro atoms. The van der Waals surface area contributed by atoms with Gasteiger partial charge in [-0.05, 0) is 51.1 Å². The molecule has 33 heavy (non-hydrogen) atoms. The third kappa shape index (κ3) is 3.73. The summed E-state index contributed by atoms with van der Waals surface area (Å²) in [5, 5.41) is 11.3. The second-order valence-electron chi connectivity index (χ2n) is 7.63. The first kappa shape index (κ1) is 22.1. The second kappa shape index (κ2) is 8.46. The number of aryl methyl sites for hydroxylation is 1. The molecule has 4 rings (SSSR count). The van der Waals surface area contributed by atoms with E-state index in [1.54, 1.807) is 19.9 Å². The van der Waals surface area contributed by atoms with Crippen LogP contribution in [-0.2, 0) is 9.47 Å². The number of hydrogen-bond acceptors (Lipinski definition) is 8. The van der Waals surface area contributed by atoms with Gasteiger partial charge in [0.25, 0.3) is 0 Å². The number of fused-ring (bicyclic) bond motifs is 2. The predicted molar refractivity (Wildman–Crippen MR) is 118 cm³/mol. The van der Waals surface area contributed by atoms with Gasteiger partial charge in [0, 0.05) is 16.5 Å². The Morgan fingerprint density at radius 3 is 1.97 bits per heavy atom. The summed E-state index contributed by atoms with van der Waals surface area (Å²) in [6.07, 6.45) is 0. The Labute approximate surface area is 189 Å². The molecule has 3 aromatic rings. The van der Waals surface area contributed by atoms with E-state index in [1.807, 2.05) is 19.1 Å². The maximum Gasteiger partial charge on any atom is 0.339 e. The number of pyridine rings is 1. The highest BCUT2D eigenvalue weighted by Gasteiger charge is 2.43. The number of aromatic nitrogens is 1. The maximum absolute atomic E-state index is 13.2. The van der Waals surface area contributed by atoms with Gasteiger partial charge in [0.2, 0.25) is 0 Å². The summed E-state index contributed by atoms with van der Waals surface area (Å²) >= 11 is 0. The van der Waals surface area contributed by atoms with Crippen LogP contribution >= 0.6 is 0 Å². The van der Waals surface area contributed by atoms with Crippen LogP contribution in [-0.4, -0.2) is 46.8 Å². The molecule has 1 aliphatic rings. The predicted octanol–water partition coefficient (Wildman–Crippen LogP) is 3.77. The second-order valence-corrected chi connectivity index (χ2v) is 7.63. The van der Waals surface area contributed by atoms with Gasteiger partial charge in [0.1, 0.15) is 17.4 Å². The zero-order valence-electron chi connectivity index (χ0n) is 18.3. The lowest BCUT2D eigenvalue weighted by molar-refractivity contribution is 0.0478. The zero-order chi connectivity index (χ0) is 23.9. The lowest BCUT2D eigenvalue weighted by atomic mass is 9.97. The summed E-state index contributed by atoms with van der Waals surface area (Å²) in [5.74, 6) is -4.54. The van der Waals surface area contributed by atoms with Gasteiger partial charge >= 0.3 is 11.9 Å². The lowest BCUT2D eigenvalue weighted by Crippen LogP contribution is -2.15. The number of hydrogen-bond donors (Lipinski definition) is 1. The smallest absolute Gasteiger partial charge is 0.339 e. The van der Waals surface area contributed by atoms with Crippen LogP contribution in [0.3, 0.4) is 0 Å². The number of ether oxygens (including phenoxy) is 2. The molecule has 8 nitrogen and oxygen atoms in total. The average molecular weight is 447 g/mol. The zero-order valence-corrected chi connectivity index (χ0v) is 18.3. The van der Waals surface area contributed by atoms with E-state index in [0.717, 1.165) is 5.56 Å². The van der Waals surface area contributed by atoms with Crippen molar-refractivity contribution < 1.29 is 33.8 Å². The quantitative estimate of drug-likeness (QED) is 0.464. The fourth-order valence-electron chi connectivity index (χ4n) is 3.95. The van der Waals surface area contributed by atoms with Crippen LogP contribution in [0.25, 0.3) is 10.9 Å². The van der Waals surface area contributed by atoms with Crippen LogP contribution in [0.4, 0.5) is 0 Å². The van der Waals surface area contributed by atoms with E-state index in [9.17, 15) is 24.3 Å². The van der Waals surface area contributed by atoms with Gasteiger partial charge in [0.15, 0.2) is 11.6 Å². The van der Waals surface area contributed by atoms with Gasteiger partial charge in [-0.25, -0.2) is 14.6 Å². The number of aromatic hydroxyl groups is 1. The van der Waals surface area contributed by atoms with Crippen LogP contribution in [0.2, 0.25) is 0 Å². The van der Waals surface area contributed by atoms with E-state index in [0.29, 0.717) is 10.9 Å². The highest BCUT2D eigenvalue weighted by atomic mass is 16.5. The van der Waals surface area contributed by atoms with Crippen molar-refractivity contribution in [1.82, 2.24) is 4.98 Å². The van der Waals surface area contributed by atoms with Crippen LogP contribution in [0.1, 0.15) is 72.5 Å². The molecule has 1 aromatic heterocycles. The van der Waals surface area contributed by atoms with Crippen molar-refractivity contribution in [2.75, 3.05) is 13.2 Å². The summed E-state index contributed by atoms with van der Waals surface area (Å²) in [4.78, 5) is 55.8. The number of carbonyl (C=O) groups excluding carboxylic acids is 4. The van der Waals surface area contributed by atoms with Crippen molar-refractivity contribution in [3.8, 4) is 5.75 Å². The molecule has 0 aliphatic heterocycles. The molecule has 2 aromatic carbocycles. The minimum atomic E-state index is -1.39. The summed E-state index contributed by atoms with van der Waals surface area (Å²) in [7, 11) is 0. The van der Waals surface area contributed by atoms with Crippen molar-refractivity contribution in [3.63, 3.8) is 0 Å². The van der Waals surface area contributed by atoms with Gasteiger partial charge in [-0.15, -0.1) is 0 Å². The molecule has 0 radical (unpaired) electrons. The summed E-state index contributed by atoms with van der Waals surface area (Å²) in [5.41, 5.74) is 1.01. The molecule has 1 heterocycles. The Morgan fingerprint density at radius 2 is 1.45 bits per heavy atom. The first-order valence-corrected chi connectivity index (χ1v) is 10.5. The van der Waals surface area contributed by atoms with Crippen molar-refractivity contribution in [3.05, 3.63) is 69.9 Å². The van der Waals surface area contributed by atoms with Gasteiger partial charge < -0.3 is 14.6 Å². The topological polar surface area (TPSA) is 120 Å². The highest BCUT2D eigenvalue weighted by Crippen LogP contribution is 2.39. The normalized spacial score (nSPS) is 13.3. The molecular weight excluding hydrogens is 426 g/mol. The number of rotatable bonds is 5. The molecule has 0 atom stereocenters. The SMILES string of the molecule is CCOC(=O)c1cc2c(cc1C(=O)OCC)C(=O)C(c1nc3ccc(C)cc3cc1O)C2=O. The fourth-order valence-corrected chi connectivity index (χ4v) is 3.95. The number of benzene rings is 2. The standard InChI is InChI=1S/C25H21NO7/c1-4-32-24(30)16-10-14-15(11-17(16)25(31)33-5-2)23(29)20(22(14)28)21-19(27)9-13-8-12(3)6-7-18(13)26-21/h6-11,20,27H,4-5H2,1-3H3. The fraction of sp³-hybridized carbons (Fsp3) is 0.240. The van der Waals surface area contributed by atoms with Crippen LogP contribution in [0.15, 0.2) is 36.4 Å². The first-order chi connectivity index (χ1) is 15.8. The summed E-state index contributed by atoms with van der Waals surface area (Å²) in [6, 6.07) is 9.23. The molecule has 0 saturated heterocycles. The van der Waals surface area contributed by atoms with Gasteiger partial charge in [0.05, 0.1) is 29.9 Å². The molecule has 0 bridgehead atoms. The van der Waals surface area contributed by atoms with Crippen molar-refractivity contribution >= 4 is 34.4 Å². The van der Waals surface area contributed by atoms with Crippen molar-refractivity contribution in [2.24, 2.45) is 0 Å². The Bertz CT molecular complexity index is 1290. The van der Waals surface area contributed by atoms with Crippen LogP contribution in [0, 0.1) is 6.92 Å². The van der Waals surface area contributed by atoms with Gasteiger partial charge in [-0.1, -0.05) is 11.6 Å². The number of Topliss-reactive ketones (excluding diaryl/α,β-unsaturated/α-hetero) is 2. The number of nitrogens with zero attached hydrogens (tertiary/aromatic N) is 1. The Balaban J connectivity index is 1.85. The third-order valence-electron chi connectivity index (χ3n) is 5.46. The van der Waals surface area contributed by atoms with E-state index in [4.69, 9.17) is 9.47 Å². The first-order valence-electron chi connectivity index (χ1n) is 10.5. The molecule has 8 heteroatoms. The molecule has 0 amide bonds. The molecule has 0 saturated carbocycles. The van der Waals surface area contributed by atoms with Crippen molar-refractivity contribution in [2.45, 2.75) is 26.7 Å². The third-order valence-corrected chi connectivity index (χ3v) is 5.46. The van der Waals surface area contributed by atoms with Crippen LogP contribution in [0.5, 0.6) is 5.75 Å². The molecule has 168 valence electrons. The summed E-state index contributed by atoms with van der Waals surface area (Å²) in [6.45, 7) is 5.22. The van der Waals surface area contributed by atoms with E-state index in [1.165, 1.54) is 18.2 Å². The number of esters is 2. The average Bonchev–Trinajstić information content (AvgIpc) is 3.02. The van der Waals surface area contributed by atoms with Crippen molar-refractivity contribution in [1.29, 1.82) is 0 Å². The molecule has 1 aliphatic carbocycles. The van der Waals surface area contributed by atoms with E-state index in [2.05, 4.69) is 4.98 Å². The lowest BCUT2D eigenvalue weighted by Gasteiger charge is -2.10. The molecule has 1 N–H and O–H groups in total. The maximum atomic E-state index is 13.2. The summed E-state index contributed by atoms with van der Waals surface area (Å²) < 4.78 is 10.0. The minimum absolute atomic E-state index is 0.0358. The Morgan fingerprint density at radius 1 is 0.909 bits per heavy atom. The molecule has 0 fully saturated rings. The monoisotopic (exact) mass is 447 g/mol. The van der Waals surface area contributed by atoms with Crippen LogP contribution < -0.4 is 0 Å². The van der Waals surface area contributed by atoms with Gasteiger partial charge in [-0.2, -0.15) is 0 Å². The molecule has 0 unspecified atom stereocenters. The molecular formula is C25H21NO7. The van der Waals surface area contributed by atoms with E-state index >= 15 is 0 Å². The van der Waals surface area contributed by atoms with E-state index in [-0.39, 0.29) is 46.9 Å². The van der Waals surface area contributed by atoms with E-state index < -0.39 is 29.4 Å². The minimum Gasteiger partial charge on any atom is -0.506 e. The number of carbonyl (C=O) groups is 4. The van der Waals surface area contributed by atoms with Gasteiger partial charge in [-0.3, -0.25) is 9.59 Å². The number of ketones is 2. The highest BCUT2D eigenvalue weighted by molar-refractivity contribution is 6.30. The Hall–Kier alpha value is -4.07. The Kier molecular flexibility index (Phi) is 5.68. The largest absolute Gasteiger partial charge is 0.506 e.